The van der Waals surface area contributed by atoms with Crippen molar-refractivity contribution in [2.75, 3.05) is 24.2 Å². The maximum atomic E-state index is 10.1. The minimum absolute atomic E-state index is 0.0598. The molecule has 2 aromatic rings. The van der Waals surface area contributed by atoms with Gasteiger partial charge in [-0.1, -0.05) is 6.92 Å². The largest absolute Gasteiger partial charge is 0.394 e. The van der Waals surface area contributed by atoms with Crippen molar-refractivity contribution in [3.05, 3.63) is 6.33 Å². The SMILES string of the molecule is CCCNc1nc(N)nc2c1ncn2C1O[C@H](CO)[C@@H](O)[C@H]1O. The number of anilines is 2. The third-order valence-corrected chi connectivity index (χ3v) is 3.77. The Morgan fingerprint density at radius 1 is 1.35 bits per heavy atom. The van der Waals surface area contributed by atoms with Crippen molar-refractivity contribution < 1.29 is 20.1 Å². The number of aliphatic hydroxyl groups excluding tert-OH is 3. The molecule has 0 aliphatic carbocycles. The van der Waals surface area contributed by atoms with E-state index >= 15 is 0 Å². The zero-order valence-corrected chi connectivity index (χ0v) is 12.6. The topological polar surface area (TPSA) is 152 Å². The normalized spacial score (nSPS) is 27.7. The first kappa shape index (κ1) is 15.9. The lowest BCUT2D eigenvalue weighted by Gasteiger charge is -2.16. The number of imidazole rings is 1. The lowest BCUT2D eigenvalue weighted by Crippen LogP contribution is -2.33. The molecular weight excluding hydrogens is 304 g/mol. The second-order valence-corrected chi connectivity index (χ2v) is 5.41. The van der Waals surface area contributed by atoms with Crippen LogP contribution in [-0.2, 0) is 4.74 Å². The first-order valence-corrected chi connectivity index (χ1v) is 7.43. The number of nitrogen functional groups attached to an aromatic ring is 1. The number of ether oxygens (including phenoxy) is 1. The van der Waals surface area contributed by atoms with Crippen LogP contribution in [0.4, 0.5) is 11.8 Å². The molecular formula is C13H20N6O4. The van der Waals surface area contributed by atoms with Crippen molar-refractivity contribution in [3.8, 4) is 0 Å². The minimum atomic E-state index is -1.22. The van der Waals surface area contributed by atoms with Crippen molar-refractivity contribution in [2.24, 2.45) is 0 Å². The van der Waals surface area contributed by atoms with E-state index in [0.717, 1.165) is 6.42 Å². The van der Waals surface area contributed by atoms with Crippen molar-refractivity contribution in [3.63, 3.8) is 0 Å². The highest BCUT2D eigenvalue weighted by Crippen LogP contribution is 2.32. The molecule has 1 saturated heterocycles. The maximum Gasteiger partial charge on any atom is 0.224 e. The summed E-state index contributed by atoms with van der Waals surface area (Å²) < 4.78 is 6.98. The molecule has 10 nitrogen and oxygen atoms in total. The molecule has 1 fully saturated rings. The summed E-state index contributed by atoms with van der Waals surface area (Å²) in [7, 11) is 0. The van der Waals surface area contributed by atoms with Crippen LogP contribution >= 0.6 is 0 Å². The smallest absolute Gasteiger partial charge is 0.224 e. The van der Waals surface area contributed by atoms with E-state index < -0.39 is 31.1 Å². The van der Waals surface area contributed by atoms with E-state index in [2.05, 4.69) is 20.3 Å². The standard InChI is InChI=1S/C13H20N6O4/c1-2-3-15-10-7-11(18-13(14)17-10)19(5-16-7)12-9(22)8(21)6(4-20)23-12/h5-6,8-9,12,20-22H,2-4H2,1H3,(H3,14,15,17,18)/t6-,8-,9-,12?/m1/s1. The molecule has 0 radical (unpaired) electrons. The molecule has 3 rings (SSSR count). The lowest BCUT2D eigenvalue weighted by molar-refractivity contribution is -0.0511. The molecule has 4 atom stereocenters. The molecule has 3 heterocycles. The van der Waals surface area contributed by atoms with Crippen LogP contribution < -0.4 is 11.1 Å². The number of aromatic nitrogens is 4. The van der Waals surface area contributed by atoms with Gasteiger partial charge in [-0.05, 0) is 6.42 Å². The highest BCUT2D eigenvalue weighted by Gasteiger charge is 2.44. The van der Waals surface area contributed by atoms with Gasteiger partial charge in [0, 0.05) is 6.54 Å². The van der Waals surface area contributed by atoms with E-state index in [1.807, 2.05) is 6.92 Å². The van der Waals surface area contributed by atoms with Crippen molar-refractivity contribution in [2.45, 2.75) is 37.9 Å². The summed E-state index contributed by atoms with van der Waals surface area (Å²) in [6.45, 7) is 2.32. The first-order valence-electron chi connectivity index (χ1n) is 7.43. The molecule has 0 saturated carbocycles. The van der Waals surface area contributed by atoms with E-state index in [4.69, 9.17) is 10.5 Å². The Bertz CT molecular complexity index is 692. The summed E-state index contributed by atoms with van der Waals surface area (Å²) in [4.78, 5) is 12.5. The summed E-state index contributed by atoms with van der Waals surface area (Å²) in [5.41, 5.74) is 6.61. The number of nitrogens with two attached hydrogens (primary N) is 1. The van der Waals surface area contributed by atoms with Gasteiger partial charge in [0.25, 0.3) is 0 Å². The fraction of sp³-hybridized carbons (Fsp3) is 0.615. The Hall–Kier alpha value is -2.01. The fourth-order valence-electron chi connectivity index (χ4n) is 2.60. The highest BCUT2D eigenvalue weighted by molar-refractivity contribution is 5.84. The van der Waals surface area contributed by atoms with E-state index in [1.54, 1.807) is 0 Å². The van der Waals surface area contributed by atoms with Gasteiger partial charge in [-0.25, -0.2) is 4.98 Å². The molecule has 23 heavy (non-hydrogen) atoms. The lowest BCUT2D eigenvalue weighted by atomic mass is 10.1. The number of aliphatic hydroxyl groups is 3. The van der Waals surface area contributed by atoms with Gasteiger partial charge in [0.05, 0.1) is 12.9 Å². The van der Waals surface area contributed by atoms with Gasteiger partial charge in [-0.3, -0.25) is 4.57 Å². The van der Waals surface area contributed by atoms with Crippen molar-refractivity contribution in [1.82, 2.24) is 19.5 Å². The second kappa shape index (κ2) is 6.24. The summed E-state index contributed by atoms with van der Waals surface area (Å²) in [6, 6.07) is 0. The van der Waals surface area contributed by atoms with Crippen LogP contribution in [0.1, 0.15) is 19.6 Å². The Labute approximate surface area is 131 Å². The van der Waals surface area contributed by atoms with Crippen LogP contribution in [-0.4, -0.2) is 66.3 Å². The second-order valence-electron chi connectivity index (χ2n) is 5.41. The Balaban J connectivity index is 2.01. The van der Waals surface area contributed by atoms with Crippen LogP contribution in [0.25, 0.3) is 11.2 Å². The predicted octanol–water partition coefficient (Wildman–Crippen LogP) is -1.16. The predicted molar refractivity (Wildman–Crippen MR) is 81.5 cm³/mol. The van der Waals surface area contributed by atoms with Gasteiger partial charge in [-0.15, -0.1) is 0 Å². The Morgan fingerprint density at radius 3 is 2.78 bits per heavy atom. The van der Waals surface area contributed by atoms with Gasteiger partial charge in [0.2, 0.25) is 5.95 Å². The van der Waals surface area contributed by atoms with E-state index in [1.165, 1.54) is 10.9 Å². The van der Waals surface area contributed by atoms with E-state index in [0.29, 0.717) is 23.5 Å². The number of hydrogen-bond acceptors (Lipinski definition) is 9. The minimum Gasteiger partial charge on any atom is -0.394 e. The Morgan fingerprint density at radius 2 is 2.13 bits per heavy atom. The number of fused-ring (bicyclic) bond motifs is 1. The molecule has 2 aromatic heterocycles. The molecule has 1 aliphatic heterocycles. The van der Waals surface area contributed by atoms with Crippen LogP contribution in [0, 0.1) is 0 Å². The molecule has 0 aromatic carbocycles. The summed E-state index contributed by atoms with van der Waals surface area (Å²) in [5, 5.41) is 32.3. The zero-order chi connectivity index (χ0) is 16.6. The van der Waals surface area contributed by atoms with Crippen molar-refractivity contribution >= 4 is 22.9 Å². The highest BCUT2D eigenvalue weighted by atomic mass is 16.6. The molecule has 1 unspecified atom stereocenters. The van der Waals surface area contributed by atoms with Gasteiger partial charge < -0.3 is 31.1 Å². The maximum absolute atomic E-state index is 10.1. The van der Waals surface area contributed by atoms with Gasteiger partial charge in [0.15, 0.2) is 23.2 Å². The van der Waals surface area contributed by atoms with E-state index in [9.17, 15) is 15.3 Å². The monoisotopic (exact) mass is 324 g/mol. The average molecular weight is 324 g/mol. The molecule has 6 N–H and O–H groups in total. The van der Waals surface area contributed by atoms with Crippen LogP contribution in [0.2, 0.25) is 0 Å². The molecule has 0 bridgehead atoms. The van der Waals surface area contributed by atoms with E-state index in [-0.39, 0.29) is 5.95 Å². The zero-order valence-electron chi connectivity index (χ0n) is 12.6. The molecule has 1 aliphatic rings. The number of nitrogens with one attached hydrogen (secondary N) is 1. The fourth-order valence-corrected chi connectivity index (χ4v) is 2.60. The van der Waals surface area contributed by atoms with Crippen LogP contribution in [0.3, 0.4) is 0 Å². The number of nitrogens with zero attached hydrogens (tertiary/aromatic N) is 4. The molecule has 0 amide bonds. The quantitative estimate of drug-likeness (QED) is 0.458. The molecule has 126 valence electrons. The van der Waals surface area contributed by atoms with Crippen molar-refractivity contribution in [1.29, 1.82) is 0 Å². The Kier molecular flexibility index (Phi) is 4.31. The third kappa shape index (κ3) is 2.70. The van der Waals surface area contributed by atoms with Gasteiger partial charge >= 0.3 is 0 Å². The third-order valence-electron chi connectivity index (χ3n) is 3.77. The van der Waals surface area contributed by atoms with Crippen LogP contribution in [0.5, 0.6) is 0 Å². The van der Waals surface area contributed by atoms with Gasteiger partial charge in [-0.2, -0.15) is 9.97 Å². The van der Waals surface area contributed by atoms with Gasteiger partial charge in [0.1, 0.15) is 18.3 Å². The molecule has 10 heteroatoms. The average Bonchev–Trinajstić information content (AvgIpc) is 3.07. The first-order chi connectivity index (χ1) is 11.1. The number of rotatable bonds is 5. The summed E-state index contributed by atoms with van der Waals surface area (Å²) in [6.07, 6.45) is -1.85. The number of hydrogen-bond donors (Lipinski definition) is 5. The molecule has 0 spiro atoms. The summed E-state index contributed by atoms with van der Waals surface area (Å²) in [5.74, 6) is 0.560. The summed E-state index contributed by atoms with van der Waals surface area (Å²) >= 11 is 0. The van der Waals surface area contributed by atoms with Crippen LogP contribution in [0.15, 0.2) is 6.33 Å².